The first kappa shape index (κ1) is 12.6. The van der Waals surface area contributed by atoms with Crippen LogP contribution in [0.2, 0.25) is 5.02 Å². The lowest BCUT2D eigenvalue weighted by Gasteiger charge is -2.16. The molecule has 90 valence electrons. The molecule has 0 fully saturated rings. The zero-order valence-electron chi connectivity index (χ0n) is 9.60. The van der Waals surface area contributed by atoms with Gasteiger partial charge >= 0.3 is 0 Å². The van der Waals surface area contributed by atoms with Crippen LogP contribution in [-0.2, 0) is 6.42 Å². The zero-order chi connectivity index (χ0) is 12.1. The molecule has 0 saturated carbocycles. The van der Waals surface area contributed by atoms with Crippen LogP contribution in [0.4, 0.5) is 0 Å². The Labute approximate surface area is 111 Å². The van der Waals surface area contributed by atoms with E-state index in [0.29, 0.717) is 12.5 Å². The summed E-state index contributed by atoms with van der Waals surface area (Å²) in [6, 6.07) is 10.2. The van der Waals surface area contributed by atoms with Crippen molar-refractivity contribution in [3.8, 4) is 0 Å². The first-order valence-electron chi connectivity index (χ1n) is 5.77. The van der Waals surface area contributed by atoms with E-state index in [-0.39, 0.29) is 0 Å². The Bertz CT molecular complexity index is 453. The summed E-state index contributed by atoms with van der Waals surface area (Å²) in [6.45, 7) is 0.647. The molecule has 0 bridgehead atoms. The third-order valence-corrected chi connectivity index (χ3v) is 4.07. The molecule has 0 aliphatic carbocycles. The van der Waals surface area contributed by atoms with Gasteiger partial charge < -0.3 is 5.73 Å². The number of benzene rings is 1. The second-order valence-corrected chi connectivity index (χ2v) is 5.31. The third-order valence-electron chi connectivity index (χ3n) is 2.99. The maximum Gasteiger partial charge on any atom is 0.0441 e. The maximum absolute atomic E-state index is 6.20. The molecular formula is C14H16ClNS. The predicted octanol–water partition coefficient (Wildman–Crippen LogP) is 4.08. The van der Waals surface area contributed by atoms with Crippen molar-refractivity contribution < 1.29 is 0 Å². The van der Waals surface area contributed by atoms with E-state index in [1.54, 1.807) is 11.3 Å². The number of nitrogens with two attached hydrogens (primary N) is 1. The molecule has 2 aromatic rings. The lowest BCUT2D eigenvalue weighted by atomic mass is 9.93. The molecule has 2 N–H and O–H groups in total. The number of rotatable bonds is 5. The molecule has 17 heavy (non-hydrogen) atoms. The molecule has 0 aliphatic rings. The van der Waals surface area contributed by atoms with E-state index < -0.39 is 0 Å². The van der Waals surface area contributed by atoms with E-state index in [9.17, 15) is 0 Å². The number of thiophene rings is 1. The van der Waals surface area contributed by atoms with E-state index in [0.717, 1.165) is 17.9 Å². The summed E-state index contributed by atoms with van der Waals surface area (Å²) in [5.41, 5.74) is 8.42. The van der Waals surface area contributed by atoms with Crippen molar-refractivity contribution in [2.45, 2.75) is 18.8 Å². The van der Waals surface area contributed by atoms with Crippen LogP contribution in [-0.4, -0.2) is 6.54 Å². The van der Waals surface area contributed by atoms with Crippen molar-refractivity contribution in [3.05, 3.63) is 57.2 Å². The number of halogens is 1. The Hall–Kier alpha value is -0.830. The minimum absolute atomic E-state index is 0.351. The van der Waals surface area contributed by atoms with Gasteiger partial charge in [0, 0.05) is 5.02 Å². The van der Waals surface area contributed by atoms with Crippen LogP contribution in [0.25, 0.3) is 0 Å². The molecule has 1 atom stereocenters. The van der Waals surface area contributed by atoms with Gasteiger partial charge in [0.05, 0.1) is 0 Å². The van der Waals surface area contributed by atoms with E-state index in [1.165, 1.54) is 11.1 Å². The topological polar surface area (TPSA) is 26.0 Å². The second-order valence-electron chi connectivity index (χ2n) is 4.12. The Morgan fingerprint density at radius 3 is 2.71 bits per heavy atom. The quantitative estimate of drug-likeness (QED) is 0.866. The summed E-state index contributed by atoms with van der Waals surface area (Å²) in [5, 5.41) is 5.14. The van der Waals surface area contributed by atoms with Crippen molar-refractivity contribution in [2.24, 2.45) is 5.73 Å². The van der Waals surface area contributed by atoms with Gasteiger partial charge in [-0.15, -0.1) is 0 Å². The van der Waals surface area contributed by atoms with E-state index in [4.69, 9.17) is 17.3 Å². The normalized spacial score (nSPS) is 12.6. The minimum atomic E-state index is 0.351. The largest absolute Gasteiger partial charge is 0.330 e. The van der Waals surface area contributed by atoms with Crippen LogP contribution >= 0.6 is 22.9 Å². The number of hydrogen-bond donors (Lipinski definition) is 1. The summed E-state index contributed by atoms with van der Waals surface area (Å²) in [5.74, 6) is 0.351. The van der Waals surface area contributed by atoms with Gasteiger partial charge in [0.25, 0.3) is 0 Å². The lowest BCUT2D eigenvalue weighted by molar-refractivity contribution is 0.634. The molecule has 1 aromatic carbocycles. The van der Waals surface area contributed by atoms with Crippen LogP contribution in [0.1, 0.15) is 23.5 Å². The average Bonchev–Trinajstić information content (AvgIpc) is 2.85. The molecule has 0 saturated heterocycles. The molecular weight excluding hydrogens is 250 g/mol. The highest BCUT2D eigenvalue weighted by Gasteiger charge is 2.12. The first-order chi connectivity index (χ1) is 8.31. The minimum Gasteiger partial charge on any atom is -0.330 e. The van der Waals surface area contributed by atoms with Crippen LogP contribution in [0.15, 0.2) is 41.1 Å². The van der Waals surface area contributed by atoms with Crippen molar-refractivity contribution in [2.75, 3.05) is 6.54 Å². The van der Waals surface area contributed by atoms with Gasteiger partial charge in [0.15, 0.2) is 0 Å². The van der Waals surface area contributed by atoms with Gasteiger partial charge in [-0.2, -0.15) is 11.3 Å². The van der Waals surface area contributed by atoms with Crippen LogP contribution in [0.3, 0.4) is 0 Å². The predicted molar refractivity (Wildman–Crippen MR) is 75.9 cm³/mol. The maximum atomic E-state index is 6.20. The van der Waals surface area contributed by atoms with Crippen LogP contribution in [0.5, 0.6) is 0 Å². The molecule has 1 nitrogen and oxygen atoms in total. The van der Waals surface area contributed by atoms with Crippen LogP contribution < -0.4 is 5.73 Å². The van der Waals surface area contributed by atoms with E-state index >= 15 is 0 Å². The lowest BCUT2D eigenvalue weighted by Crippen LogP contribution is -2.13. The SMILES string of the molecule is NCC(CCc1ccsc1)c1ccccc1Cl. The van der Waals surface area contributed by atoms with Gasteiger partial charge in [-0.05, 0) is 59.3 Å². The molecule has 1 heterocycles. The Kier molecular flexibility index (Phi) is 4.60. The smallest absolute Gasteiger partial charge is 0.0441 e. The van der Waals surface area contributed by atoms with Crippen molar-refractivity contribution in [1.29, 1.82) is 0 Å². The number of hydrogen-bond acceptors (Lipinski definition) is 2. The Morgan fingerprint density at radius 2 is 2.06 bits per heavy atom. The van der Waals surface area contributed by atoms with Gasteiger partial charge in [-0.3, -0.25) is 0 Å². The monoisotopic (exact) mass is 265 g/mol. The summed E-state index contributed by atoms with van der Waals surface area (Å²) in [7, 11) is 0. The zero-order valence-corrected chi connectivity index (χ0v) is 11.2. The molecule has 1 aromatic heterocycles. The highest BCUT2D eigenvalue weighted by molar-refractivity contribution is 7.07. The molecule has 2 rings (SSSR count). The second kappa shape index (κ2) is 6.20. The van der Waals surface area contributed by atoms with Gasteiger partial charge in [-0.25, -0.2) is 0 Å². The molecule has 3 heteroatoms. The number of aryl methyl sites for hydroxylation is 1. The van der Waals surface area contributed by atoms with E-state index in [2.05, 4.69) is 22.9 Å². The Morgan fingerprint density at radius 1 is 1.24 bits per heavy atom. The third kappa shape index (κ3) is 3.32. The standard InChI is InChI=1S/C14H16ClNS/c15-14-4-2-1-3-13(14)12(9-16)6-5-11-7-8-17-10-11/h1-4,7-8,10,12H,5-6,9,16H2. The summed E-state index contributed by atoms with van der Waals surface area (Å²) in [6.07, 6.45) is 2.12. The fraction of sp³-hybridized carbons (Fsp3) is 0.286. The molecule has 1 unspecified atom stereocenters. The fourth-order valence-corrected chi connectivity index (χ4v) is 2.98. The van der Waals surface area contributed by atoms with Gasteiger partial charge in [-0.1, -0.05) is 29.8 Å². The summed E-state index contributed by atoms with van der Waals surface area (Å²) >= 11 is 7.95. The average molecular weight is 266 g/mol. The first-order valence-corrected chi connectivity index (χ1v) is 7.09. The molecule has 0 aliphatic heterocycles. The van der Waals surface area contributed by atoms with Crippen molar-refractivity contribution in [1.82, 2.24) is 0 Å². The summed E-state index contributed by atoms with van der Waals surface area (Å²) < 4.78 is 0. The molecule has 0 spiro atoms. The van der Waals surface area contributed by atoms with Gasteiger partial charge in [0.2, 0.25) is 0 Å². The Balaban J connectivity index is 2.04. The summed E-state index contributed by atoms with van der Waals surface area (Å²) in [4.78, 5) is 0. The highest BCUT2D eigenvalue weighted by Crippen LogP contribution is 2.27. The fourth-order valence-electron chi connectivity index (χ4n) is 1.98. The van der Waals surface area contributed by atoms with E-state index in [1.807, 2.05) is 18.2 Å². The molecule has 0 amide bonds. The van der Waals surface area contributed by atoms with Crippen LogP contribution in [0, 0.1) is 0 Å². The van der Waals surface area contributed by atoms with Crippen molar-refractivity contribution >= 4 is 22.9 Å². The van der Waals surface area contributed by atoms with Gasteiger partial charge in [0.1, 0.15) is 0 Å². The molecule has 0 radical (unpaired) electrons. The van der Waals surface area contributed by atoms with Crippen molar-refractivity contribution in [3.63, 3.8) is 0 Å². The highest BCUT2D eigenvalue weighted by atomic mass is 35.5.